The number of nitrogens with one attached hydrogen (secondary N) is 1. The van der Waals surface area contributed by atoms with Crippen LogP contribution in [0.5, 0.6) is 0 Å². The predicted octanol–water partition coefficient (Wildman–Crippen LogP) is 2.44. The van der Waals surface area contributed by atoms with Crippen LogP contribution in [0.2, 0.25) is 0 Å². The van der Waals surface area contributed by atoms with Crippen molar-refractivity contribution in [3.8, 4) is 0 Å². The highest BCUT2D eigenvalue weighted by molar-refractivity contribution is 8.23. The van der Waals surface area contributed by atoms with E-state index in [-0.39, 0.29) is 12.3 Å². The van der Waals surface area contributed by atoms with Crippen LogP contribution in [0.15, 0.2) is 60.7 Å². The van der Waals surface area contributed by atoms with Gasteiger partial charge in [-0.15, -0.1) is 0 Å². The maximum Gasteiger partial charge on any atom is 0.243 e. The molecule has 23 heavy (non-hydrogen) atoms. The summed E-state index contributed by atoms with van der Waals surface area (Å²) in [6.45, 7) is 0. The van der Waals surface area contributed by atoms with Gasteiger partial charge in [-0.3, -0.25) is 10.2 Å². The van der Waals surface area contributed by atoms with Gasteiger partial charge in [-0.25, -0.2) is 5.01 Å². The number of benzene rings is 2. The van der Waals surface area contributed by atoms with Crippen LogP contribution in [0.25, 0.3) is 0 Å². The number of thioether (sulfide) groups is 1. The summed E-state index contributed by atoms with van der Waals surface area (Å²) in [5.74, 6) is 0.164. The van der Waals surface area contributed by atoms with Gasteiger partial charge in [0.15, 0.2) is 10.0 Å². The van der Waals surface area contributed by atoms with Crippen molar-refractivity contribution in [2.24, 2.45) is 0 Å². The molecule has 118 valence electrons. The Labute approximate surface area is 144 Å². The van der Waals surface area contributed by atoms with E-state index < -0.39 is 5.72 Å². The molecule has 1 aliphatic heterocycles. The molecule has 3 rings (SSSR count). The van der Waals surface area contributed by atoms with Crippen LogP contribution in [0.3, 0.4) is 0 Å². The summed E-state index contributed by atoms with van der Waals surface area (Å²) in [7, 11) is 0. The van der Waals surface area contributed by atoms with Crippen LogP contribution < -0.4 is 5.43 Å². The van der Waals surface area contributed by atoms with E-state index in [1.807, 2.05) is 60.7 Å². The number of hydrogen-bond acceptors (Lipinski definition) is 4. The molecule has 0 bridgehead atoms. The minimum atomic E-state index is -1.32. The Morgan fingerprint density at radius 2 is 1.78 bits per heavy atom. The van der Waals surface area contributed by atoms with Gasteiger partial charge in [0.1, 0.15) is 0 Å². The van der Waals surface area contributed by atoms with Crippen LogP contribution in [-0.2, 0) is 16.9 Å². The van der Waals surface area contributed by atoms with Crippen molar-refractivity contribution < 1.29 is 9.90 Å². The molecule has 2 N–H and O–H groups in total. The summed E-state index contributed by atoms with van der Waals surface area (Å²) >= 11 is 6.63. The van der Waals surface area contributed by atoms with E-state index in [0.29, 0.717) is 15.6 Å². The first kappa shape index (κ1) is 16.0. The van der Waals surface area contributed by atoms with Crippen molar-refractivity contribution in [2.75, 3.05) is 5.75 Å². The highest BCUT2D eigenvalue weighted by atomic mass is 32.2. The lowest BCUT2D eigenvalue weighted by atomic mass is 10.0. The number of nitrogens with zero attached hydrogens (tertiary/aromatic N) is 1. The van der Waals surface area contributed by atoms with Gasteiger partial charge in [-0.05, 0) is 5.56 Å². The van der Waals surface area contributed by atoms with E-state index in [0.717, 1.165) is 5.56 Å². The molecule has 1 fully saturated rings. The minimum absolute atomic E-state index is 0.213. The molecular weight excluding hydrogens is 328 g/mol. The maximum atomic E-state index is 12.3. The zero-order chi connectivity index (χ0) is 16.3. The van der Waals surface area contributed by atoms with Gasteiger partial charge in [0.2, 0.25) is 5.91 Å². The molecule has 1 amide bonds. The number of carbonyl (C=O) groups is 1. The molecule has 4 nitrogen and oxygen atoms in total. The molecule has 0 unspecified atom stereocenters. The van der Waals surface area contributed by atoms with Crippen molar-refractivity contribution in [1.29, 1.82) is 0 Å². The van der Waals surface area contributed by atoms with E-state index >= 15 is 0 Å². The second-order valence-corrected chi connectivity index (χ2v) is 6.88. The summed E-state index contributed by atoms with van der Waals surface area (Å²) in [6, 6.07) is 18.7. The lowest BCUT2D eigenvalue weighted by Crippen LogP contribution is -2.54. The third-order valence-electron chi connectivity index (χ3n) is 3.63. The third kappa shape index (κ3) is 3.39. The largest absolute Gasteiger partial charge is 0.365 e. The summed E-state index contributed by atoms with van der Waals surface area (Å²) in [5.41, 5.74) is 3.03. The topological polar surface area (TPSA) is 52.6 Å². The van der Waals surface area contributed by atoms with Crippen molar-refractivity contribution in [2.45, 2.75) is 12.1 Å². The Morgan fingerprint density at radius 1 is 1.17 bits per heavy atom. The summed E-state index contributed by atoms with van der Waals surface area (Å²) in [6.07, 6.45) is 0.232. The van der Waals surface area contributed by atoms with Crippen LogP contribution >= 0.6 is 24.0 Å². The molecule has 0 aromatic heterocycles. The van der Waals surface area contributed by atoms with Gasteiger partial charge in [0.25, 0.3) is 0 Å². The first-order valence-corrected chi connectivity index (χ1v) is 8.57. The average molecular weight is 344 g/mol. The van der Waals surface area contributed by atoms with Crippen molar-refractivity contribution in [3.05, 3.63) is 71.8 Å². The Hall–Kier alpha value is -1.89. The average Bonchev–Trinajstić information content (AvgIpc) is 2.86. The molecule has 0 saturated carbocycles. The van der Waals surface area contributed by atoms with Crippen LogP contribution in [0, 0.1) is 0 Å². The Bertz CT molecular complexity index is 709. The number of carbonyl (C=O) groups excluding carboxylic acids is 1. The lowest BCUT2D eigenvalue weighted by molar-refractivity contribution is -0.134. The predicted molar refractivity (Wildman–Crippen MR) is 95.5 cm³/mol. The zero-order valence-corrected chi connectivity index (χ0v) is 13.9. The fourth-order valence-electron chi connectivity index (χ4n) is 2.44. The quantitative estimate of drug-likeness (QED) is 0.835. The highest BCUT2D eigenvalue weighted by Crippen LogP contribution is 2.37. The third-order valence-corrected chi connectivity index (χ3v) is 5.14. The SMILES string of the molecule is O=C(Cc1ccccc1)NN1C(=S)SC[C@@]1(O)c1ccccc1. The molecule has 6 heteroatoms. The molecule has 1 heterocycles. The van der Waals surface area contributed by atoms with Gasteiger partial charge < -0.3 is 5.11 Å². The molecule has 0 aliphatic carbocycles. The smallest absolute Gasteiger partial charge is 0.243 e. The van der Waals surface area contributed by atoms with Crippen molar-refractivity contribution in [3.63, 3.8) is 0 Å². The minimum Gasteiger partial charge on any atom is -0.365 e. The van der Waals surface area contributed by atoms with E-state index in [1.165, 1.54) is 16.8 Å². The van der Waals surface area contributed by atoms with E-state index in [4.69, 9.17) is 12.2 Å². The molecule has 1 aliphatic rings. The summed E-state index contributed by atoms with van der Waals surface area (Å²) in [4.78, 5) is 12.3. The Balaban J connectivity index is 1.77. The second kappa shape index (κ2) is 6.70. The van der Waals surface area contributed by atoms with Gasteiger partial charge in [-0.1, -0.05) is 84.6 Å². The number of amides is 1. The Morgan fingerprint density at radius 3 is 2.43 bits per heavy atom. The monoisotopic (exact) mass is 344 g/mol. The number of hydrogen-bond donors (Lipinski definition) is 2. The van der Waals surface area contributed by atoms with Gasteiger partial charge in [0, 0.05) is 5.56 Å². The Kier molecular flexibility index (Phi) is 4.66. The number of aliphatic hydroxyl groups is 1. The lowest BCUT2D eigenvalue weighted by Gasteiger charge is -2.34. The van der Waals surface area contributed by atoms with E-state index in [9.17, 15) is 9.90 Å². The van der Waals surface area contributed by atoms with Crippen molar-refractivity contribution in [1.82, 2.24) is 10.4 Å². The summed E-state index contributed by atoms with van der Waals surface area (Å²) in [5, 5.41) is 12.4. The van der Waals surface area contributed by atoms with E-state index in [2.05, 4.69) is 5.43 Å². The fourth-order valence-corrected chi connectivity index (χ4v) is 3.76. The van der Waals surface area contributed by atoms with Gasteiger partial charge >= 0.3 is 0 Å². The number of hydrazine groups is 1. The number of thiocarbonyl (C=S) groups is 1. The van der Waals surface area contributed by atoms with Crippen LogP contribution in [0.4, 0.5) is 0 Å². The zero-order valence-electron chi connectivity index (χ0n) is 12.3. The maximum absolute atomic E-state index is 12.3. The molecule has 2 aromatic rings. The molecule has 2 aromatic carbocycles. The van der Waals surface area contributed by atoms with Gasteiger partial charge in [-0.2, -0.15) is 0 Å². The van der Waals surface area contributed by atoms with E-state index in [1.54, 1.807) is 0 Å². The fraction of sp³-hybridized carbons (Fsp3) is 0.176. The molecular formula is C17H16N2O2S2. The van der Waals surface area contributed by atoms with Crippen LogP contribution in [0.1, 0.15) is 11.1 Å². The number of rotatable bonds is 4. The standard InChI is InChI=1S/C17H16N2O2S2/c20-15(11-13-7-3-1-4-8-13)18-19-16(22)23-12-17(19,21)14-9-5-2-6-10-14/h1-10,21H,11-12H2,(H,18,20)/t17-/m1/s1. The van der Waals surface area contributed by atoms with Gasteiger partial charge in [0.05, 0.1) is 12.2 Å². The highest BCUT2D eigenvalue weighted by Gasteiger charge is 2.45. The molecule has 1 saturated heterocycles. The molecule has 1 atom stereocenters. The first-order chi connectivity index (χ1) is 11.1. The normalized spacial score (nSPS) is 20.6. The van der Waals surface area contributed by atoms with Crippen molar-refractivity contribution >= 4 is 34.2 Å². The van der Waals surface area contributed by atoms with Crippen LogP contribution in [-0.4, -0.2) is 26.1 Å². The molecule has 0 spiro atoms. The second-order valence-electron chi connectivity index (χ2n) is 5.27. The molecule has 0 radical (unpaired) electrons. The summed E-state index contributed by atoms with van der Waals surface area (Å²) < 4.78 is 0.456. The first-order valence-electron chi connectivity index (χ1n) is 7.18.